The number of likely N-dealkylation sites (N-methyl/N-ethyl adjacent to an activating group) is 1. The number of pyridine rings is 1. The average molecular weight is 640 g/mol. The van der Waals surface area contributed by atoms with Gasteiger partial charge in [-0.3, -0.25) is 14.7 Å². The van der Waals surface area contributed by atoms with Gasteiger partial charge in [0.05, 0.1) is 38.2 Å². The molecule has 2 aliphatic rings. The van der Waals surface area contributed by atoms with Crippen molar-refractivity contribution in [2.45, 2.75) is 38.3 Å². The number of nitrogens with zero attached hydrogens (tertiary/aromatic N) is 5. The van der Waals surface area contributed by atoms with Crippen molar-refractivity contribution in [3.05, 3.63) is 84.2 Å². The van der Waals surface area contributed by atoms with E-state index >= 15 is 0 Å². The number of anilines is 2. The molecule has 1 saturated heterocycles. The van der Waals surface area contributed by atoms with Gasteiger partial charge < -0.3 is 24.2 Å². The van der Waals surface area contributed by atoms with Crippen molar-refractivity contribution in [2.75, 3.05) is 77.4 Å². The van der Waals surface area contributed by atoms with E-state index in [9.17, 15) is 9.59 Å². The molecule has 47 heavy (non-hydrogen) atoms. The van der Waals surface area contributed by atoms with E-state index in [1.165, 1.54) is 13.2 Å². The highest BCUT2D eigenvalue weighted by Crippen LogP contribution is 2.31. The number of hydrogen-bond donors (Lipinski definition) is 0. The molecular formula is C38H49N5O4. The van der Waals surface area contributed by atoms with Crippen molar-refractivity contribution >= 4 is 29.3 Å². The molecule has 0 atom stereocenters. The first-order chi connectivity index (χ1) is 22.8. The molecule has 250 valence electrons. The van der Waals surface area contributed by atoms with Gasteiger partial charge in [-0.05, 0) is 79.3 Å². The molecule has 3 aromatic rings. The molecule has 9 heteroatoms. The highest BCUT2D eigenvalue weighted by Gasteiger charge is 2.31. The number of carbonyl (C=O) groups excluding carboxylic acids is 2. The maximum Gasteiger partial charge on any atom is 0.330 e. The first-order valence-corrected chi connectivity index (χ1v) is 16.7. The third-order valence-electron chi connectivity index (χ3n) is 9.33. The van der Waals surface area contributed by atoms with Crippen molar-refractivity contribution in [2.24, 2.45) is 5.92 Å². The van der Waals surface area contributed by atoms with Crippen LogP contribution in [0.4, 0.5) is 11.4 Å². The zero-order valence-electron chi connectivity index (χ0n) is 28.3. The smallest absolute Gasteiger partial charge is 0.330 e. The molecule has 2 aromatic carbocycles. The lowest BCUT2D eigenvalue weighted by atomic mass is 9.86. The largest absolute Gasteiger partial charge is 0.466 e. The Labute approximate surface area is 279 Å². The van der Waals surface area contributed by atoms with Gasteiger partial charge >= 0.3 is 5.97 Å². The number of benzene rings is 2. The highest BCUT2D eigenvalue weighted by molar-refractivity contribution is 5.95. The second-order valence-electron chi connectivity index (χ2n) is 12.9. The van der Waals surface area contributed by atoms with Crippen LogP contribution in [0.15, 0.2) is 73.1 Å². The number of hydrogen-bond acceptors (Lipinski definition) is 8. The van der Waals surface area contributed by atoms with E-state index in [1.54, 1.807) is 18.5 Å². The van der Waals surface area contributed by atoms with E-state index in [0.717, 1.165) is 93.0 Å². The Bertz CT molecular complexity index is 1470. The zero-order valence-corrected chi connectivity index (χ0v) is 28.3. The first-order valence-electron chi connectivity index (χ1n) is 16.7. The molecule has 1 aromatic heterocycles. The summed E-state index contributed by atoms with van der Waals surface area (Å²) in [7, 11) is 7.59. The minimum atomic E-state index is -0.442. The summed E-state index contributed by atoms with van der Waals surface area (Å²) in [6, 6.07) is 18.8. The summed E-state index contributed by atoms with van der Waals surface area (Å²) >= 11 is 0. The number of carbonyl (C=O) groups is 2. The molecule has 0 bridgehead atoms. The summed E-state index contributed by atoms with van der Waals surface area (Å²) in [6.07, 6.45) is 9.98. The van der Waals surface area contributed by atoms with Crippen molar-refractivity contribution < 1.29 is 19.1 Å². The normalized spacial score (nSPS) is 19.1. The minimum absolute atomic E-state index is 0.0868. The summed E-state index contributed by atoms with van der Waals surface area (Å²) in [5.74, 6) is -0.432. The number of aromatic nitrogens is 1. The fourth-order valence-electron chi connectivity index (χ4n) is 6.27. The SMILES string of the molecule is COC(=O)/C=C/c1cncc(N(Cc2ccc(-c3ccc(N(C)C)cc3)cc2)C(=O)C2CCC(OCCN3CCN(C)CC3)CC2)c1. The lowest BCUT2D eigenvalue weighted by molar-refractivity contribution is -0.134. The Morgan fingerprint density at radius 3 is 2.19 bits per heavy atom. The second kappa shape index (κ2) is 16.7. The van der Waals surface area contributed by atoms with E-state index in [1.807, 2.05) is 25.1 Å². The summed E-state index contributed by atoms with van der Waals surface area (Å²) in [5.41, 5.74) is 5.88. The number of esters is 1. The Balaban J connectivity index is 1.26. The van der Waals surface area contributed by atoms with Gasteiger partial charge in [0, 0.05) is 70.7 Å². The van der Waals surface area contributed by atoms with Gasteiger partial charge in [0.25, 0.3) is 0 Å². The minimum Gasteiger partial charge on any atom is -0.466 e. The summed E-state index contributed by atoms with van der Waals surface area (Å²) in [5, 5.41) is 0. The fourth-order valence-corrected chi connectivity index (χ4v) is 6.27. The van der Waals surface area contributed by atoms with Crippen LogP contribution >= 0.6 is 0 Å². The Hall–Kier alpha value is -4.05. The van der Waals surface area contributed by atoms with Crippen molar-refractivity contribution in [1.29, 1.82) is 0 Å². The number of piperazine rings is 1. The van der Waals surface area contributed by atoms with Crippen LogP contribution in [0.5, 0.6) is 0 Å². The number of methoxy groups -OCH3 is 1. The molecule has 0 radical (unpaired) electrons. The van der Waals surface area contributed by atoms with E-state index in [4.69, 9.17) is 9.47 Å². The van der Waals surface area contributed by atoms with Crippen molar-refractivity contribution in [1.82, 2.24) is 14.8 Å². The van der Waals surface area contributed by atoms with Gasteiger partial charge in [-0.1, -0.05) is 36.4 Å². The molecule has 2 heterocycles. The Morgan fingerprint density at radius 1 is 0.894 bits per heavy atom. The molecule has 9 nitrogen and oxygen atoms in total. The topological polar surface area (TPSA) is 78.4 Å². The summed E-state index contributed by atoms with van der Waals surface area (Å²) < 4.78 is 11.0. The molecule has 1 amide bonds. The molecule has 1 saturated carbocycles. The lowest BCUT2D eigenvalue weighted by Crippen LogP contribution is -2.45. The molecule has 1 aliphatic carbocycles. The number of ether oxygens (including phenoxy) is 2. The molecule has 0 N–H and O–H groups in total. The Morgan fingerprint density at radius 2 is 1.55 bits per heavy atom. The first kappa shape index (κ1) is 34.3. The molecule has 5 rings (SSSR count). The average Bonchev–Trinajstić information content (AvgIpc) is 3.11. The Kier molecular flexibility index (Phi) is 12.2. The second-order valence-corrected chi connectivity index (χ2v) is 12.9. The van der Waals surface area contributed by atoms with Crippen LogP contribution < -0.4 is 9.80 Å². The zero-order chi connectivity index (χ0) is 33.2. The van der Waals surface area contributed by atoms with Gasteiger partial charge in [-0.15, -0.1) is 0 Å². The molecule has 1 aliphatic heterocycles. The van der Waals surface area contributed by atoms with E-state index < -0.39 is 5.97 Å². The predicted octanol–water partition coefficient (Wildman–Crippen LogP) is 5.36. The molecule has 2 fully saturated rings. The molecule has 0 spiro atoms. The van der Waals surface area contributed by atoms with Crippen LogP contribution in [0.2, 0.25) is 0 Å². The summed E-state index contributed by atoms with van der Waals surface area (Å²) in [6.45, 7) is 6.54. The number of amides is 1. The third-order valence-corrected chi connectivity index (χ3v) is 9.33. The molecule has 0 unspecified atom stereocenters. The van der Waals surface area contributed by atoms with Gasteiger partial charge in [0.2, 0.25) is 5.91 Å². The van der Waals surface area contributed by atoms with Crippen molar-refractivity contribution in [3.8, 4) is 11.1 Å². The number of rotatable bonds is 12. The van der Waals surface area contributed by atoms with Gasteiger partial charge in [0.1, 0.15) is 0 Å². The predicted molar refractivity (Wildman–Crippen MR) is 188 cm³/mol. The van der Waals surface area contributed by atoms with Crippen LogP contribution in [0.1, 0.15) is 36.8 Å². The van der Waals surface area contributed by atoms with E-state index in [2.05, 4.69) is 75.3 Å². The maximum absolute atomic E-state index is 14.2. The van der Waals surface area contributed by atoms with Crippen LogP contribution in [-0.2, 0) is 25.6 Å². The molecular weight excluding hydrogens is 590 g/mol. The maximum atomic E-state index is 14.2. The van der Waals surface area contributed by atoms with Crippen LogP contribution in [-0.4, -0.2) is 100 Å². The van der Waals surface area contributed by atoms with E-state index in [-0.39, 0.29) is 17.9 Å². The monoisotopic (exact) mass is 639 g/mol. The lowest BCUT2D eigenvalue weighted by Gasteiger charge is -2.34. The fraction of sp³-hybridized carbons (Fsp3) is 0.447. The van der Waals surface area contributed by atoms with Crippen LogP contribution in [0.3, 0.4) is 0 Å². The highest BCUT2D eigenvalue weighted by atomic mass is 16.5. The third kappa shape index (κ3) is 9.73. The van der Waals surface area contributed by atoms with Gasteiger partial charge in [-0.2, -0.15) is 0 Å². The van der Waals surface area contributed by atoms with E-state index in [0.29, 0.717) is 12.2 Å². The van der Waals surface area contributed by atoms with Gasteiger partial charge in [-0.25, -0.2) is 4.79 Å². The quantitative estimate of drug-likeness (QED) is 0.194. The van der Waals surface area contributed by atoms with Crippen LogP contribution in [0.25, 0.3) is 17.2 Å². The summed E-state index contributed by atoms with van der Waals surface area (Å²) in [4.78, 5) is 39.1. The van der Waals surface area contributed by atoms with Gasteiger partial charge in [0.15, 0.2) is 0 Å². The van der Waals surface area contributed by atoms with Crippen LogP contribution in [0, 0.1) is 5.92 Å². The van der Waals surface area contributed by atoms with Crippen molar-refractivity contribution in [3.63, 3.8) is 0 Å². The standard InChI is InChI=1S/C38H49N5O4/c1-40(2)34-14-10-32(11-15-34)31-8-5-29(6-9-31)28-43(35-25-30(26-39-27-35)7-18-37(44)46-4)38(45)33-12-16-36(17-13-33)47-24-23-42-21-19-41(3)20-22-42/h5-11,14-15,18,25-27,33,36H,12-13,16-17,19-24,28H2,1-4H3/b18-7+.